The van der Waals surface area contributed by atoms with Crippen LogP contribution in [0.15, 0.2) is 4.47 Å². The summed E-state index contributed by atoms with van der Waals surface area (Å²) in [6.45, 7) is 0.156. The van der Waals surface area contributed by atoms with Crippen molar-refractivity contribution in [3.8, 4) is 0 Å². The Balaban J connectivity index is 2.71. The van der Waals surface area contributed by atoms with Crippen LogP contribution in [-0.4, -0.2) is 6.54 Å². The highest BCUT2D eigenvalue weighted by Gasteiger charge is 2.40. The SMILES string of the molecule is NCC1(c2c(F)c(F)c(Cl)c(F)c2Br)CCCC1. The monoisotopic (exact) mass is 341 g/mol. The van der Waals surface area contributed by atoms with Crippen molar-refractivity contribution in [2.24, 2.45) is 5.73 Å². The highest BCUT2D eigenvalue weighted by atomic mass is 79.9. The molecular formula is C12H12BrClF3N. The molecule has 0 aromatic heterocycles. The molecule has 0 aliphatic heterocycles. The highest BCUT2D eigenvalue weighted by molar-refractivity contribution is 9.10. The molecule has 0 bridgehead atoms. The quantitative estimate of drug-likeness (QED) is 0.630. The molecule has 18 heavy (non-hydrogen) atoms. The van der Waals surface area contributed by atoms with Crippen LogP contribution in [0.4, 0.5) is 13.2 Å². The Morgan fingerprint density at radius 3 is 2.17 bits per heavy atom. The van der Waals surface area contributed by atoms with Crippen LogP contribution in [0.25, 0.3) is 0 Å². The van der Waals surface area contributed by atoms with Gasteiger partial charge >= 0.3 is 0 Å². The van der Waals surface area contributed by atoms with E-state index in [-0.39, 0.29) is 16.6 Å². The molecule has 2 rings (SSSR count). The van der Waals surface area contributed by atoms with Gasteiger partial charge in [0.15, 0.2) is 17.5 Å². The molecule has 0 spiro atoms. The number of hydrogen-bond donors (Lipinski definition) is 1. The minimum Gasteiger partial charge on any atom is -0.330 e. The fourth-order valence-electron chi connectivity index (χ4n) is 2.68. The van der Waals surface area contributed by atoms with Crippen LogP contribution in [0.1, 0.15) is 31.2 Å². The van der Waals surface area contributed by atoms with Gasteiger partial charge in [0.05, 0.1) is 4.47 Å². The van der Waals surface area contributed by atoms with Crippen LogP contribution in [0.3, 0.4) is 0 Å². The fourth-order valence-corrected chi connectivity index (χ4v) is 3.76. The molecule has 0 amide bonds. The summed E-state index contributed by atoms with van der Waals surface area (Å²) in [6.07, 6.45) is 2.99. The van der Waals surface area contributed by atoms with Crippen LogP contribution in [-0.2, 0) is 5.41 Å². The van der Waals surface area contributed by atoms with Crippen LogP contribution < -0.4 is 5.73 Å². The van der Waals surface area contributed by atoms with Gasteiger partial charge in [0.25, 0.3) is 0 Å². The Hall–Kier alpha value is -0.260. The Labute approximate surface area is 117 Å². The summed E-state index contributed by atoms with van der Waals surface area (Å²) in [5.74, 6) is -3.40. The molecule has 100 valence electrons. The fraction of sp³-hybridized carbons (Fsp3) is 0.500. The van der Waals surface area contributed by atoms with Crippen LogP contribution >= 0.6 is 27.5 Å². The summed E-state index contributed by atoms with van der Waals surface area (Å²) in [7, 11) is 0. The number of rotatable bonds is 2. The molecular weight excluding hydrogens is 330 g/mol. The van der Waals surface area contributed by atoms with Gasteiger partial charge in [0.2, 0.25) is 0 Å². The maximum Gasteiger partial charge on any atom is 0.180 e. The lowest BCUT2D eigenvalue weighted by Gasteiger charge is -2.30. The van der Waals surface area contributed by atoms with Gasteiger partial charge < -0.3 is 5.73 Å². The molecule has 1 aromatic carbocycles. The number of nitrogens with two attached hydrogens (primary N) is 1. The third-order valence-corrected chi connectivity index (χ3v) is 4.77. The molecule has 1 aliphatic rings. The van der Waals surface area contributed by atoms with E-state index in [9.17, 15) is 13.2 Å². The number of halogens is 5. The van der Waals surface area contributed by atoms with Crippen molar-refractivity contribution in [1.29, 1.82) is 0 Å². The minimum atomic E-state index is -1.34. The van der Waals surface area contributed by atoms with Crippen molar-refractivity contribution in [2.45, 2.75) is 31.1 Å². The van der Waals surface area contributed by atoms with Crippen molar-refractivity contribution >= 4 is 27.5 Å². The Morgan fingerprint density at radius 1 is 1.11 bits per heavy atom. The summed E-state index contributed by atoms with van der Waals surface area (Å²) in [5.41, 5.74) is 5.00. The molecule has 0 saturated heterocycles. The normalized spacial score (nSPS) is 18.3. The first-order valence-electron chi connectivity index (χ1n) is 5.66. The lowest BCUT2D eigenvalue weighted by atomic mass is 9.78. The smallest absolute Gasteiger partial charge is 0.180 e. The van der Waals surface area contributed by atoms with E-state index < -0.39 is 27.9 Å². The largest absolute Gasteiger partial charge is 0.330 e. The van der Waals surface area contributed by atoms with E-state index >= 15 is 0 Å². The van der Waals surface area contributed by atoms with Gasteiger partial charge in [-0.2, -0.15) is 0 Å². The van der Waals surface area contributed by atoms with Gasteiger partial charge in [-0.3, -0.25) is 0 Å². The van der Waals surface area contributed by atoms with Crippen molar-refractivity contribution in [3.05, 3.63) is 32.5 Å². The summed E-state index contributed by atoms with van der Waals surface area (Å²) in [5, 5.41) is -0.826. The van der Waals surface area contributed by atoms with E-state index in [2.05, 4.69) is 15.9 Å². The molecule has 0 radical (unpaired) electrons. The van der Waals surface area contributed by atoms with Crippen LogP contribution in [0.5, 0.6) is 0 Å². The Kier molecular flexibility index (Phi) is 3.95. The summed E-state index contributed by atoms with van der Waals surface area (Å²) < 4.78 is 41.3. The van der Waals surface area contributed by atoms with Gasteiger partial charge in [-0.25, -0.2) is 13.2 Å². The van der Waals surface area contributed by atoms with E-state index in [1.807, 2.05) is 0 Å². The highest BCUT2D eigenvalue weighted by Crippen LogP contribution is 2.46. The number of hydrogen-bond acceptors (Lipinski definition) is 1. The molecule has 0 atom stereocenters. The predicted octanol–water partition coefficient (Wildman–Crippen LogP) is 4.29. The van der Waals surface area contributed by atoms with E-state index in [0.29, 0.717) is 12.8 Å². The van der Waals surface area contributed by atoms with E-state index in [1.54, 1.807) is 0 Å². The van der Waals surface area contributed by atoms with Crippen LogP contribution in [0.2, 0.25) is 5.02 Å². The summed E-state index contributed by atoms with van der Waals surface area (Å²) >= 11 is 8.38. The lowest BCUT2D eigenvalue weighted by molar-refractivity contribution is 0.398. The van der Waals surface area contributed by atoms with Crippen molar-refractivity contribution in [1.82, 2.24) is 0 Å². The predicted molar refractivity (Wildman–Crippen MR) is 68.2 cm³/mol. The molecule has 1 saturated carbocycles. The first-order chi connectivity index (χ1) is 8.44. The molecule has 0 heterocycles. The molecule has 2 N–H and O–H groups in total. The second-order valence-corrected chi connectivity index (χ2v) is 5.81. The average molecular weight is 343 g/mol. The van der Waals surface area contributed by atoms with Crippen LogP contribution in [0, 0.1) is 17.5 Å². The first-order valence-corrected chi connectivity index (χ1v) is 6.83. The Morgan fingerprint density at radius 2 is 1.67 bits per heavy atom. The molecule has 1 fully saturated rings. The molecule has 1 aliphatic carbocycles. The molecule has 6 heteroatoms. The average Bonchev–Trinajstić information content (AvgIpc) is 2.84. The van der Waals surface area contributed by atoms with Gasteiger partial charge in [0.1, 0.15) is 5.02 Å². The van der Waals surface area contributed by atoms with Gasteiger partial charge in [0, 0.05) is 17.5 Å². The van der Waals surface area contributed by atoms with E-state index in [4.69, 9.17) is 17.3 Å². The summed E-state index contributed by atoms with van der Waals surface area (Å²) in [4.78, 5) is 0. The molecule has 1 aromatic rings. The van der Waals surface area contributed by atoms with E-state index in [0.717, 1.165) is 12.8 Å². The van der Waals surface area contributed by atoms with Crippen molar-refractivity contribution in [3.63, 3.8) is 0 Å². The lowest BCUT2D eigenvalue weighted by Crippen LogP contribution is -2.34. The zero-order valence-corrected chi connectivity index (χ0v) is 11.8. The molecule has 1 nitrogen and oxygen atoms in total. The maximum absolute atomic E-state index is 14.1. The third-order valence-electron chi connectivity index (χ3n) is 3.69. The van der Waals surface area contributed by atoms with Gasteiger partial charge in [-0.1, -0.05) is 24.4 Å². The number of benzene rings is 1. The van der Waals surface area contributed by atoms with Crippen molar-refractivity contribution in [2.75, 3.05) is 6.54 Å². The Bertz CT molecular complexity index is 458. The third kappa shape index (κ3) is 1.96. The maximum atomic E-state index is 14.1. The second-order valence-electron chi connectivity index (χ2n) is 4.64. The minimum absolute atomic E-state index is 0.0121. The zero-order chi connectivity index (χ0) is 13.5. The molecule has 0 unspecified atom stereocenters. The summed E-state index contributed by atoms with van der Waals surface area (Å²) in [6, 6.07) is 0. The van der Waals surface area contributed by atoms with Gasteiger partial charge in [-0.15, -0.1) is 0 Å². The second kappa shape index (κ2) is 5.02. The van der Waals surface area contributed by atoms with Gasteiger partial charge in [-0.05, 0) is 28.8 Å². The standard InChI is InChI=1S/C12H12BrClF3N/c13-7-6(12(5-18)3-1-2-4-12)9(15)11(17)8(14)10(7)16/h1-5,18H2. The topological polar surface area (TPSA) is 26.0 Å². The zero-order valence-electron chi connectivity index (χ0n) is 9.50. The van der Waals surface area contributed by atoms with E-state index in [1.165, 1.54) is 0 Å². The first kappa shape index (κ1) is 14.2. The van der Waals surface area contributed by atoms with Crippen molar-refractivity contribution < 1.29 is 13.2 Å².